The number of benzene rings is 1. The fourth-order valence-corrected chi connectivity index (χ4v) is 1.57. The van der Waals surface area contributed by atoms with Crippen LogP contribution in [-0.2, 0) is 9.47 Å². The first-order chi connectivity index (χ1) is 9.54. The van der Waals surface area contributed by atoms with Crippen molar-refractivity contribution in [1.82, 2.24) is 0 Å². The Morgan fingerprint density at radius 3 is 2.60 bits per heavy atom. The molecule has 0 aromatic heterocycles. The molecule has 0 radical (unpaired) electrons. The van der Waals surface area contributed by atoms with Gasteiger partial charge in [-0.05, 0) is 25.1 Å². The molecule has 0 bridgehead atoms. The van der Waals surface area contributed by atoms with Gasteiger partial charge in [-0.2, -0.15) is 0 Å². The van der Waals surface area contributed by atoms with Gasteiger partial charge in [0.25, 0.3) is 0 Å². The van der Waals surface area contributed by atoms with Crippen molar-refractivity contribution < 1.29 is 28.8 Å². The van der Waals surface area contributed by atoms with Crippen molar-refractivity contribution in [3.8, 4) is 5.75 Å². The molecule has 6 heteroatoms. The van der Waals surface area contributed by atoms with Gasteiger partial charge in [-0.25, -0.2) is 4.39 Å². The summed E-state index contributed by atoms with van der Waals surface area (Å²) < 4.78 is 28.4. The van der Waals surface area contributed by atoms with Crippen LogP contribution < -0.4 is 4.74 Å². The molecule has 1 aromatic rings. The zero-order valence-electron chi connectivity index (χ0n) is 11.7. The van der Waals surface area contributed by atoms with E-state index in [4.69, 9.17) is 14.2 Å². The van der Waals surface area contributed by atoms with E-state index in [1.807, 2.05) is 0 Å². The molecule has 20 heavy (non-hydrogen) atoms. The Hall–Kier alpha value is -1.21. The number of aliphatic hydroxyl groups is 2. The van der Waals surface area contributed by atoms with Crippen molar-refractivity contribution in [2.45, 2.75) is 19.1 Å². The molecule has 114 valence electrons. The summed E-state index contributed by atoms with van der Waals surface area (Å²) in [5.41, 5.74) is 0.345. The van der Waals surface area contributed by atoms with Gasteiger partial charge in [0.2, 0.25) is 0 Å². The highest BCUT2D eigenvalue weighted by atomic mass is 19.1. The summed E-state index contributed by atoms with van der Waals surface area (Å²) in [6, 6.07) is 3.88. The van der Waals surface area contributed by atoms with Crippen LogP contribution in [-0.4, -0.2) is 49.9 Å². The fraction of sp³-hybridized carbons (Fsp3) is 0.571. The van der Waals surface area contributed by atoms with E-state index >= 15 is 0 Å². The smallest absolute Gasteiger partial charge is 0.125 e. The van der Waals surface area contributed by atoms with Gasteiger partial charge in [-0.15, -0.1) is 0 Å². The number of rotatable bonds is 9. The minimum absolute atomic E-state index is 0.00165. The maximum atomic E-state index is 13.1. The van der Waals surface area contributed by atoms with E-state index in [1.54, 1.807) is 7.11 Å². The monoisotopic (exact) mass is 288 g/mol. The Morgan fingerprint density at radius 2 is 1.95 bits per heavy atom. The molecule has 0 fully saturated rings. The van der Waals surface area contributed by atoms with Crippen LogP contribution in [0.1, 0.15) is 18.6 Å². The average molecular weight is 288 g/mol. The van der Waals surface area contributed by atoms with Crippen LogP contribution in [0.2, 0.25) is 0 Å². The first kappa shape index (κ1) is 16.8. The van der Waals surface area contributed by atoms with Crippen LogP contribution in [0.4, 0.5) is 4.39 Å². The van der Waals surface area contributed by atoms with Crippen LogP contribution in [0.15, 0.2) is 18.2 Å². The van der Waals surface area contributed by atoms with Crippen molar-refractivity contribution >= 4 is 0 Å². The third-order valence-electron chi connectivity index (χ3n) is 2.60. The van der Waals surface area contributed by atoms with Crippen LogP contribution in [0.3, 0.4) is 0 Å². The second kappa shape index (κ2) is 8.86. The molecule has 0 aliphatic carbocycles. The highest BCUT2D eigenvalue weighted by molar-refractivity contribution is 5.35. The van der Waals surface area contributed by atoms with Crippen molar-refractivity contribution in [2.75, 3.05) is 33.5 Å². The topological polar surface area (TPSA) is 68.2 Å². The summed E-state index contributed by atoms with van der Waals surface area (Å²) in [6.45, 7) is 2.49. The molecule has 0 aliphatic rings. The second-order valence-corrected chi connectivity index (χ2v) is 4.39. The summed E-state index contributed by atoms with van der Waals surface area (Å²) in [7, 11) is 1.56. The Kier molecular flexibility index (Phi) is 7.46. The quantitative estimate of drug-likeness (QED) is 0.670. The summed E-state index contributed by atoms with van der Waals surface area (Å²) in [4.78, 5) is 0. The molecule has 2 atom stereocenters. The molecule has 0 amide bonds. The molecule has 0 spiro atoms. The van der Waals surface area contributed by atoms with E-state index in [9.17, 15) is 14.6 Å². The SMILES string of the molecule is COCCOCC(O)COc1ccc(F)cc1[C@@H](C)O. The maximum absolute atomic E-state index is 13.1. The van der Waals surface area contributed by atoms with Gasteiger partial charge in [-0.3, -0.25) is 0 Å². The molecule has 1 aromatic carbocycles. The minimum Gasteiger partial charge on any atom is -0.490 e. The van der Waals surface area contributed by atoms with Gasteiger partial charge >= 0.3 is 0 Å². The lowest BCUT2D eigenvalue weighted by molar-refractivity contribution is -0.00461. The molecular formula is C14H21FO5. The Bertz CT molecular complexity index is 397. The van der Waals surface area contributed by atoms with Crippen molar-refractivity contribution in [1.29, 1.82) is 0 Å². The Labute approximate surface area is 117 Å². The summed E-state index contributed by atoms with van der Waals surface area (Å²) in [6.07, 6.45) is -1.66. The summed E-state index contributed by atoms with van der Waals surface area (Å²) in [5, 5.41) is 19.2. The van der Waals surface area contributed by atoms with Gasteiger partial charge in [0, 0.05) is 12.7 Å². The largest absolute Gasteiger partial charge is 0.490 e. The zero-order chi connectivity index (χ0) is 15.0. The molecule has 0 saturated carbocycles. The standard InChI is InChI=1S/C14H21FO5/c1-10(16)13-7-11(15)3-4-14(13)20-9-12(17)8-19-6-5-18-2/h3-4,7,10,12,16-17H,5-6,8-9H2,1-2H3/t10-,12?/m1/s1. The average Bonchev–Trinajstić information content (AvgIpc) is 2.42. The second-order valence-electron chi connectivity index (χ2n) is 4.39. The zero-order valence-corrected chi connectivity index (χ0v) is 11.7. The molecular weight excluding hydrogens is 267 g/mol. The van der Waals surface area contributed by atoms with E-state index < -0.39 is 18.0 Å². The molecule has 5 nitrogen and oxygen atoms in total. The van der Waals surface area contributed by atoms with Crippen LogP contribution in [0.5, 0.6) is 5.75 Å². The number of halogens is 1. The highest BCUT2D eigenvalue weighted by Gasteiger charge is 2.12. The van der Waals surface area contributed by atoms with E-state index in [-0.39, 0.29) is 13.2 Å². The maximum Gasteiger partial charge on any atom is 0.125 e. The predicted octanol–water partition coefficient (Wildman–Crippen LogP) is 1.28. The van der Waals surface area contributed by atoms with E-state index in [1.165, 1.54) is 25.1 Å². The van der Waals surface area contributed by atoms with Gasteiger partial charge in [0.1, 0.15) is 24.3 Å². The van der Waals surface area contributed by atoms with Gasteiger partial charge in [-0.1, -0.05) is 0 Å². The lowest BCUT2D eigenvalue weighted by atomic mass is 10.1. The number of ether oxygens (including phenoxy) is 3. The van der Waals surface area contributed by atoms with Gasteiger partial charge < -0.3 is 24.4 Å². The highest BCUT2D eigenvalue weighted by Crippen LogP contribution is 2.26. The fourth-order valence-electron chi connectivity index (χ4n) is 1.57. The van der Waals surface area contributed by atoms with Crippen LogP contribution in [0.25, 0.3) is 0 Å². The lowest BCUT2D eigenvalue weighted by Gasteiger charge is -2.16. The molecule has 1 unspecified atom stereocenters. The summed E-state index contributed by atoms with van der Waals surface area (Å²) >= 11 is 0. The van der Waals surface area contributed by atoms with E-state index in [2.05, 4.69) is 0 Å². The third-order valence-corrected chi connectivity index (χ3v) is 2.60. The van der Waals surface area contributed by atoms with Crippen molar-refractivity contribution in [2.24, 2.45) is 0 Å². The molecule has 0 aliphatic heterocycles. The normalized spacial score (nSPS) is 14.1. The number of aliphatic hydroxyl groups excluding tert-OH is 2. The number of hydrogen-bond donors (Lipinski definition) is 2. The number of hydrogen-bond acceptors (Lipinski definition) is 5. The van der Waals surface area contributed by atoms with Gasteiger partial charge in [0.15, 0.2) is 0 Å². The van der Waals surface area contributed by atoms with E-state index in [0.717, 1.165) is 0 Å². The van der Waals surface area contributed by atoms with Crippen molar-refractivity contribution in [3.63, 3.8) is 0 Å². The Morgan fingerprint density at radius 1 is 1.20 bits per heavy atom. The predicted molar refractivity (Wildman–Crippen MR) is 71.2 cm³/mol. The minimum atomic E-state index is -0.851. The van der Waals surface area contributed by atoms with Gasteiger partial charge in [0.05, 0.1) is 25.9 Å². The van der Waals surface area contributed by atoms with E-state index in [0.29, 0.717) is 24.5 Å². The molecule has 2 N–H and O–H groups in total. The molecule has 0 saturated heterocycles. The Balaban J connectivity index is 2.44. The first-order valence-electron chi connectivity index (χ1n) is 6.39. The summed E-state index contributed by atoms with van der Waals surface area (Å²) in [5.74, 6) is -0.103. The van der Waals surface area contributed by atoms with Crippen molar-refractivity contribution in [3.05, 3.63) is 29.6 Å². The van der Waals surface area contributed by atoms with Crippen LogP contribution >= 0.6 is 0 Å². The lowest BCUT2D eigenvalue weighted by Crippen LogP contribution is -2.24. The third kappa shape index (κ3) is 5.83. The van der Waals surface area contributed by atoms with Crippen LogP contribution in [0, 0.1) is 5.82 Å². The molecule has 1 rings (SSSR count). The first-order valence-corrected chi connectivity index (χ1v) is 6.39. The number of methoxy groups -OCH3 is 1. The molecule has 0 heterocycles.